The summed E-state index contributed by atoms with van der Waals surface area (Å²) in [6, 6.07) is -0.106. The molecule has 21 heavy (non-hydrogen) atoms. The Labute approximate surface area is 121 Å². The first-order valence-corrected chi connectivity index (χ1v) is 7.25. The molecule has 0 radical (unpaired) electrons. The molecule has 2 aliphatic carbocycles. The van der Waals surface area contributed by atoms with E-state index in [1.807, 2.05) is 0 Å². The monoisotopic (exact) mass is 293 g/mol. The fourth-order valence-electron chi connectivity index (χ4n) is 3.82. The molecule has 2 fully saturated rings. The Balaban J connectivity index is 1.41. The minimum absolute atomic E-state index is 0.106. The number of guanidine groups is 1. The molecule has 0 spiro atoms. The molecule has 0 aromatic carbocycles. The van der Waals surface area contributed by atoms with E-state index in [1.54, 1.807) is 6.20 Å². The number of aliphatic imine (C=N–C) groups is 1. The van der Waals surface area contributed by atoms with Crippen molar-refractivity contribution in [2.75, 3.05) is 6.54 Å². The van der Waals surface area contributed by atoms with Crippen molar-refractivity contribution < 1.29 is 15.0 Å². The second-order valence-corrected chi connectivity index (χ2v) is 6.26. The van der Waals surface area contributed by atoms with E-state index in [0.29, 0.717) is 12.5 Å². The summed E-state index contributed by atoms with van der Waals surface area (Å²) in [7, 11) is 0. The van der Waals surface area contributed by atoms with Crippen LogP contribution in [0.1, 0.15) is 6.42 Å². The zero-order valence-corrected chi connectivity index (χ0v) is 11.4. The molecule has 4 aliphatic rings. The van der Waals surface area contributed by atoms with Gasteiger partial charge in [0, 0.05) is 12.6 Å². The quantitative estimate of drug-likeness (QED) is 0.333. The van der Waals surface area contributed by atoms with Crippen LogP contribution in [-0.4, -0.2) is 53.0 Å². The highest BCUT2D eigenvalue weighted by Crippen LogP contribution is 2.52. The highest BCUT2D eigenvalue weighted by Gasteiger charge is 2.59. The van der Waals surface area contributed by atoms with E-state index in [9.17, 15) is 15.0 Å². The molecule has 2 saturated carbocycles. The summed E-state index contributed by atoms with van der Waals surface area (Å²) in [4.78, 5) is 16.2. The third kappa shape index (κ3) is 1.94. The van der Waals surface area contributed by atoms with Crippen molar-refractivity contribution in [1.29, 1.82) is 0 Å². The first kappa shape index (κ1) is 13.1. The molecule has 8 nitrogen and oxygen atoms in total. The smallest absolute Gasteiger partial charge is 0.238 e. The van der Waals surface area contributed by atoms with Gasteiger partial charge in [-0.25, -0.2) is 4.99 Å². The molecule has 0 saturated heterocycles. The first-order valence-electron chi connectivity index (χ1n) is 7.25. The maximum Gasteiger partial charge on any atom is 0.238 e. The van der Waals surface area contributed by atoms with E-state index in [1.165, 1.54) is 0 Å². The number of hydrogen-bond acceptors (Lipinski definition) is 7. The van der Waals surface area contributed by atoms with E-state index >= 15 is 0 Å². The number of nitrogens with two attached hydrogens (primary N) is 1. The van der Waals surface area contributed by atoms with Crippen LogP contribution in [-0.2, 0) is 4.79 Å². The van der Waals surface area contributed by atoms with Crippen LogP contribution in [0, 0.1) is 17.8 Å². The minimum atomic E-state index is -0.728. The largest absolute Gasteiger partial charge is 0.390 e. The summed E-state index contributed by atoms with van der Waals surface area (Å²) >= 11 is 0. The van der Waals surface area contributed by atoms with Crippen LogP contribution in [0.15, 0.2) is 16.8 Å². The third-order valence-corrected chi connectivity index (χ3v) is 5.02. The summed E-state index contributed by atoms with van der Waals surface area (Å²) in [5, 5.41) is 28.7. The number of rotatable bonds is 3. The van der Waals surface area contributed by atoms with Crippen molar-refractivity contribution in [2.24, 2.45) is 28.5 Å². The number of carbonyl (C=O) groups excluding carboxylic acids is 1. The molecule has 7 N–H and O–H groups in total. The molecular weight excluding hydrogens is 274 g/mol. The van der Waals surface area contributed by atoms with Crippen LogP contribution in [0.3, 0.4) is 0 Å². The molecule has 114 valence electrons. The van der Waals surface area contributed by atoms with Crippen LogP contribution >= 0.6 is 0 Å². The summed E-state index contributed by atoms with van der Waals surface area (Å²) in [6.45, 7) is 0.481. The molecule has 2 aliphatic heterocycles. The third-order valence-electron chi connectivity index (χ3n) is 5.02. The molecule has 8 heteroatoms. The number of amides is 1. The lowest BCUT2D eigenvalue weighted by Crippen LogP contribution is -2.51. The van der Waals surface area contributed by atoms with Gasteiger partial charge >= 0.3 is 0 Å². The number of hydrogen-bond donors (Lipinski definition) is 6. The molecule has 2 heterocycles. The van der Waals surface area contributed by atoms with Gasteiger partial charge in [-0.3, -0.25) is 10.1 Å². The highest BCUT2D eigenvalue weighted by molar-refractivity contribution is 6.01. The fourth-order valence-corrected chi connectivity index (χ4v) is 3.82. The summed E-state index contributed by atoms with van der Waals surface area (Å²) in [5.41, 5.74) is 6.42. The first-order chi connectivity index (χ1) is 10.1. The zero-order valence-electron chi connectivity index (χ0n) is 11.4. The Kier molecular flexibility index (Phi) is 2.75. The Morgan fingerprint density at radius 3 is 2.90 bits per heavy atom. The average Bonchev–Trinajstić information content (AvgIpc) is 3.05. The number of aliphatic hydroxyl groups is 2. The SMILES string of the molecule is NC1=NC2NC=C(CNC3C(O)C(O)C4CC43)C2C(=O)N1. The molecule has 7 unspecified atom stereocenters. The minimum Gasteiger partial charge on any atom is -0.390 e. The van der Waals surface area contributed by atoms with Gasteiger partial charge in [0.15, 0.2) is 5.96 Å². The highest BCUT2D eigenvalue weighted by atomic mass is 16.3. The Bertz CT molecular complexity index is 548. The number of nitrogens with one attached hydrogen (secondary N) is 3. The molecular formula is C13H19N5O3. The fraction of sp³-hybridized carbons (Fsp3) is 0.692. The van der Waals surface area contributed by atoms with Crippen molar-refractivity contribution in [2.45, 2.75) is 30.8 Å². The predicted molar refractivity (Wildman–Crippen MR) is 73.7 cm³/mol. The maximum absolute atomic E-state index is 12.0. The van der Waals surface area contributed by atoms with E-state index in [0.717, 1.165) is 12.0 Å². The summed E-state index contributed by atoms with van der Waals surface area (Å²) in [5.74, 6) is 0.162. The van der Waals surface area contributed by atoms with Gasteiger partial charge in [0.2, 0.25) is 5.91 Å². The van der Waals surface area contributed by atoms with Gasteiger partial charge in [-0.05, 0) is 30.0 Å². The number of fused-ring (bicyclic) bond motifs is 2. The molecule has 0 aromatic rings. The van der Waals surface area contributed by atoms with Crippen LogP contribution in [0.5, 0.6) is 0 Å². The second-order valence-electron chi connectivity index (χ2n) is 6.26. The van der Waals surface area contributed by atoms with Gasteiger partial charge in [-0.15, -0.1) is 0 Å². The number of aliphatic hydroxyl groups excluding tert-OH is 2. The summed E-state index contributed by atoms with van der Waals surface area (Å²) < 4.78 is 0. The van der Waals surface area contributed by atoms with Crippen molar-refractivity contribution in [3.05, 3.63) is 11.8 Å². The lowest BCUT2D eigenvalue weighted by atomic mass is 9.97. The van der Waals surface area contributed by atoms with Crippen molar-refractivity contribution in [1.82, 2.24) is 16.0 Å². The van der Waals surface area contributed by atoms with Crippen molar-refractivity contribution in [3.63, 3.8) is 0 Å². The van der Waals surface area contributed by atoms with E-state index in [2.05, 4.69) is 20.9 Å². The van der Waals surface area contributed by atoms with Crippen LogP contribution in [0.25, 0.3) is 0 Å². The van der Waals surface area contributed by atoms with Gasteiger partial charge in [0.05, 0.1) is 12.2 Å². The molecule has 0 bridgehead atoms. The Morgan fingerprint density at radius 2 is 2.19 bits per heavy atom. The molecule has 0 aromatic heterocycles. The Hall–Kier alpha value is -1.64. The lowest BCUT2D eigenvalue weighted by molar-refractivity contribution is -0.123. The molecule has 1 amide bonds. The normalized spacial score (nSPS) is 47.0. The van der Waals surface area contributed by atoms with Gasteiger partial charge in [-0.2, -0.15) is 0 Å². The maximum atomic E-state index is 12.0. The number of carbonyl (C=O) groups is 1. The standard InChI is InChI=1S/C13H19N5O3/c14-13-17-11-7(12(21)18-13)4(3-16-11)2-15-8-5-1-6(5)9(19)10(8)20/h3,5-11,15-16,19-20H,1-2H2,(H3,14,17,18,21). The van der Waals surface area contributed by atoms with Crippen molar-refractivity contribution in [3.8, 4) is 0 Å². The second kappa shape index (κ2) is 4.43. The van der Waals surface area contributed by atoms with Crippen LogP contribution in [0.2, 0.25) is 0 Å². The molecule has 7 atom stereocenters. The van der Waals surface area contributed by atoms with Gasteiger partial charge in [0.25, 0.3) is 0 Å². The molecule has 4 rings (SSSR count). The van der Waals surface area contributed by atoms with Crippen molar-refractivity contribution >= 4 is 11.9 Å². The van der Waals surface area contributed by atoms with Gasteiger partial charge in [0.1, 0.15) is 12.1 Å². The van der Waals surface area contributed by atoms with E-state index in [4.69, 9.17) is 5.73 Å². The van der Waals surface area contributed by atoms with E-state index in [-0.39, 0.29) is 35.9 Å². The number of nitrogens with zero attached hydrogens (tertiary/aromatic N) is 1. The average molecular weight is 293 g/mol. The van der Waals surface area contributed by atoms with Crippen LogP contribution in [0.4, 0.5) is 0 Å². The van der Waals surface area contributed by atoms with E-state index < -0.39 is 12.2 Å². The summed E-state index contributed by atoms with van der Waals surface area (Å²) in [6.07, 6.45) is 1.04. The van der Waals surface area contributed by atoms with Crippen LogP contribution < -0.4 is 21.7 Å². The topological polar surface area (TPSA) is 132 Å². The Morgan fingerprint density at radius 1 is 1.38 bits per heavy atom. The lowest BCUT2D eigenvalue weighted by Gasteiger charge is -2.26. The zero-order chi connectivity index (χ0) is 14.7. The predicted octanol–water partition coefficient (Wildman–Crippen LogP) is -2.81. The van der Waals surface area contributed by atoms with Gasteiger partial charge < -0.3 is 26.6 Å². The van der Waals surface area contributed by atoms with Gasteiger partial charge in [-0.1, -0.05) is 0 Å².